The van der Waals surface area contributed by atoms with Gasteiger partial charge in [-0.3, -0.25) is 4.79 Å². The second-order valence-electron chi connectivity index (χ2n) is 6.91. The van der Waals surface area contributed by atoms with Crippen LogP contribution in [0.5, 0.6) is 5.75 Å². The maximum absolute atomic E-state index is 12.6. The van der Waals surface area contributed by atoms with Gasteiger partial charge in [0, 0.05) is 23.5 Å². The zero-order chi connectivity index (χ0) is 20.4. The minimum Gasteiger partial charge on any atom is -0.406 e. The van der Waals surface area contributed by atoms with Crippen molar-refractivity contribution in [2.75, 3.05) is 0 Å². The topological polar surface area (TPSA) is 57.2 Å². The number of nitrogens with two attached hydrogens (primary N) is 1. The molecule has 1 aromatic heterocycles. The Morgan fingerprint density at radius 3 is 2.48 bits per heavy atom. The van der Waals surface area contributed by atoms with Gasteiger partial charge in [0.1, 0.15) is 5.75 Å². The Labute approximate surface area is 157 Å². The lowest BCUT2D eigenvalue weighted by Crippen LogP contribution is -2.17. The van der Waals surface area contributed by atoms with Crippen LogP contribution >= 0.6 is 0 Å². The van der Waals surface area contributed by atoms with Crippen LogP contribution in [0, 0.1) is 12.8 Å². The molecule has 0 aliphatic heterocycles. The number of aromatic nitrogens is 1. The van der Waals surface area contributed by atoms with E-state index in [0.717, 1.165) is 17.8 Å². The lowest BCUT2D eigenvalue weighted by atomic mass is 9.98. The van der Waals surface area contributed by atoms with Gasteiger partial charge in [-0.25, -0.2) is 0 Å². The summed E-state index contributed by atoms with van der Waals surface area (Å²) in [4.78, 5) is 12.1. The molecule has 0 spiro atoms. The fraction of sp³-hybridized carbons (Fsp3) is 0.450. The van der Waals surface area contributed by atoms with Crippen molar-refractivity contribution in [2.45, 2.75) is 53.4 Å². The molecule has 148 valence electrons. The van der Waals surface area contributed by atoms with E-state index in [0.29, 0.717) is 35.6 Å². The summed E-state index contributed by atoms with van der Waals surface area (Å²) < 4.78 is 43.8. The molecular weight excluding hydrogens is 357 g/mol. The molecule has 1 amide bonds. The van der Waals surface area contributed by atoms with Gasteiger partial charge in [-0.15, -0.1) is 13.2 Å². The van der Waals surface area contributed by atoms with Crippen molar-refractivity contribution in [3.63, 3.8) is 0 Å². The van der Waals surface area contributed by atoms with Crippen molar-refractivity contribution >= 4 is 5.91 Å². The number of amides is 1. The number of carbonyl (C=O) groups excluding carboxylic acids is 1. The predicted molar refractivity (Wildman–Crippen MR) is 98.6 cm³/mol. The Bertz CT molecular complexity index is 823. The molecule has 0 saturated heterocycles. The number of primary amides is 1. The van der Waals surface area contributed by atoms with Gasteiger partial charge in [0.25, 0.3) is 5.91 Å². The first-order valence-corrected chi connectivity index (χ1v) is 8.93. The molecule has 27 heavy (non-hydrogen) atoms. The fourth-order valence-electron chi connectivity index (χ4n) is 3.32. The molecule has 0 saturated carbocycles. The molecule has 0 aliphatic carbocycles. The van der Waals surface area contributed by atoms with Gasteiger partial charge < -0.3 is 15.0 Å². The maximum Gasteiger partial charge on any atom is 0.573 e. The average molecular weight is 382 g/mol. The molecular formula is C20H25F3N2O2. The largest absolute Gasteiger partial charge is 0.573 e. The standard InChI is InChI=1S/C20H25F3N2O2/c1-5-16-18(14-7-6-8-15(11-14)27-20(21,22)23)17(19(24)26)13(4)25(16)10-9-12(2)3/h6-8,11-12H,5,9-10H2,1-4H3,(H2,24,26). The Hall–Kier alpha value is -2.44. The van der Waals surface area contributed by atoms with Crippen molar-refractivity contribution < 1.29 is 22.7 Å². The summed E-state index contributed by atoms with van der Waals surface area (Å²) in [7, 11) is 0. The van der Waals surface area contributed by atoms with Crippen LogP contribution in [0.3, 0.4) is 0 Å². The predicted octanol–water partition coefficient (Wildman–Crippen LogP) is 5.07. The Kier molecular flexibility index (Phi) is 6.23. The lowest BCUT2D eigenvalue weighted by molar-refractivity contribution is -0.274. The summed E-state index contributed by atoms with van der Waals surface area (Å²) in [6.07, 6.45) is -3.25. The molecule has 0 radical (unpaired) electrons. The SMILES string of the molecule is CCc1c(-c2cccc(OC(F)(F)F)c2)c(C(N)=O)c(C)n1CCC(C)C. The number of carbonyl (C=O) groups is 1. The van der Waals surface area contributed by atoms with Crippen molar-refractivity contribution in [3.05, 3.63) is 41.2 Å². The van der Waals surface area contributed by atoms with E-state index in [4.69, 9.17) is 5.73 Å². The first-order chi connectivity index (χ1) is 12.5. The van der Waals surface area contributed by atoms with Gasteiger partial charge >= 0.3 is 6.36 Å². The zero-order valence-electron chi connectivity index (χ0n) is 16.0. The van der Waals surface area contributed by atoms with Crippen LogP contribution in [0.1, 0.15) is 48.9 Å². The normalized spacial score (nSPS) is 11.9. The minimum absolute atomic E-state index is 0.329. The third kappa shape index (κ3) is 4.84. The van der Waals surface area contributed by atoms with Crippen LogP contribution in [-0.2, 0) is 13.0 Å². The highest BCUT2D eigenvalue weighted by molar-refractivity contribution is 6.02. The highest BCUT2D eigenvalue weighted by Crippen LogP contribution is 2.36. The van der Waals surface area contributed by atoms with E-state index in [1.54, 1.807) is 6.07 Å². The quantitative estimate of drug-likeness (QED) is 0.727. The van der Waals surface area contributed by atoms with Gasteiger partial charge in [0.2, 0.25) is 0 Å². The smallest absolute Gasteiger partial charge is 0.406 e. The van der Waals surface area contributed by atoms with Gasteiger partial charge in [0.05, 0.1) is 5.56 Å². The van der Waals surface area contributed by atoms with Crippen molar-refractivity contribution in [1.82, 2.24) is 4.57 Å². The molecule has 0 bridgehead atoms. The molecule has 2 rings (SSSR count). The number of rotatable bonds is 7. The summed E-state index contributed by atoms with van der Waals surface area (Å²) in [6, 6.07) is 5.66. The van der Waals surface area contributed by atoms with Crippen LogP contribution in [0.25, 0.3) is 11.1 Å². The van der Waals surface area contributed by atoms with E-state index >= 15 is 0 Å². The van der Waals surface area contributed by atoms with Gasteiger partial charge in [-0.2, -0.15) is 0 Å². The third-order valence-corrected chi connectivity index (χ3v) is 4.50. The van der Waals surface area contributed by atoms with Gasteiger partial charge in [0.15, 0.2) is 0 Å². The zero-order valence-corrected chi connectivity index (χ0v) is 16.0. The average Bonchev–Trinajstić information content (AvgIpc) is 2.83. The van der Waals surface area contributed by atoms with Gasteiger partial charge in [-0.1, -0.05) is 32.9 Å². The van der Waals surface area contributed by atoms with Gasteiger partial charge in [-0.05, 0) is 43.4 Å². The minimum atomic E-state index is -4.78. The Morgan fingerprint density at radius 2 is 1.96 bits per heavy atom. The van der Waals surface area contributed by atoms with Crippen molar-refractivity contribution in [3.8, 4) is 16.9 Å². The monoisotopic (exact) mass is 382 g/mol. The van der Waals surface area contributed by atoms with E-state index in [1.165, 1.54) is 18.2 Å². The van der Waals surface area contributed by atoms with Crippen LogP contribution < -0.4 is 10.5 Å². The summed E-state index contributed by atoms with van der Waals surface area (Å²) in [5, 5.41) is 0. The number of nitrogens with zero attached hydrogens (tertiary/aromatic N) is 1. The molecule has 1 aromatic carbocycles. The Balaban J connectivity index is 2.63. The van der Waals surface area contributed by atoms with Crippen LogP contribution in [0.4, 0.5) is 13.2 Å². The highest BCUT2D eigenvalue weighted by Gasteiger charge is 2.31. The van der Waals surface area contributed by atoms with E-state index in [1.807, 2.05) is 18.4 Å². The van der Waals surface area contributed by atoms with E-state index in [2.05, 4.69) is 18.6 Å². The molecule has 0 unspecified atom stereocenters. The number of hydrogen-bond donors (Lipinski definition) is 1. The third-order valence-electron chi connectivity index (χ3n) is 4.50. The van der Waals surface area contributed by atoms with E-state index in [9.17, 15) is 18.0 Å². The maximum atomic E-state index is 12.6. The molecule has 2 N–H and O–H groups in total. The molecule has 0 fully saturated rings. The molecule has 4 nitrogen and oxygen atoms in total. The van der Waals surface area contributed by atoms with Crippen LogP contribution in [0.15, 0.2) is 24.3 Å². The Morgan fingerprint density at radius 1 is 1.30 bits per heavy atom. The number of alkyl halides is 3. The van der Waals surface area contributed by atoms with Crippen LogP contribution in [-0.4, -0.2) is 16.8 Å². The molecule has 2 aromatic rings. The first-order valence-electron chi connectivity index (χ1n) is 8.93. The second-order valence-corrected chi connectivity index (χ2v) is 6.91. The summed E-state index contributed by atoms with van der Waals surface area (Å²) >= 11 is 0. The number of hydrogen-bond acceptors (Lipinski definition) is 2. The molecule has 1 heterocycles. The number of benzene rings is 1. The number of halogens is 3. The molecule has 0 atom stereocenters. The molecule has 0 aliphatic rings. The van der Waals surface area contributed by atoms with Crippen molar-refractivity contribution in [1.29, 1.82) is 0 Å². The number of ether oxygens (including phenoxy) is 1. The summed E-state index contributed by atoms with van der Waals surface area (Å²) in [5.41, 5.74) is 8.65. The van der Waals surface area contributed by atoms with Crippen LogP contribution in [0.2, 0.25) is 0 Å². The first kappa shape index (κ1) is 20.9. The fourth-order valence-corrected chi connectivity index (χ4v) is 3.32. The van der Waals surface area contributed by atoms with E-state index in [-0.39, 0.29) is 5.75 Å². The summed E-state index contributed by atoms with van der Waals surface area (Å²) in [6.45, 7) is 8.70. The second kappa shape index (κ2) is 8.06. The highest BCUT2D eigenvalue weighted by atomic mass is 19.4. The summed E-state index contributed by atoms with van der Waals surface area (Å²) in [5.74, 6) is -0.451. The van der Waals surface area contributed by atoms with Crippen molar-refractivity contribution in [2.24, 2.45) is 11.7 Å². The van der Waals surface area contributed by atoms with E-state index < -0.39 is 12.3 Å². The molecule has 7 heteroatoms. The lowest BCUT2D eigenvalue weighted by Gasteiger charge is -2.14.